The quantitative estimate of drug-likeness (QED) is 0.825. The first kappa shape index (κ1) is 13.1. The Labute approximate surface area is 120 Å². The molecule has 94 valence electrons. The molecule has 2 rings (SSSR count). The van der Waals surface area contributed by atoms with Crippen LogP contribution < -0.4 is 10.6 Å². The Balaban J connectivity index is 2.30. The van der Waals surface area contributed by atoms with Gasteiger partial charge in [-0.15, -0.1) is 0 Å². The molecule has 0 spiro atoms. The van der Waals surface area contributed by atoms with Gasteiger partial charge < -0.3 is 10.6 Å². The molecule has 18 heavy (non-hydrogen) atoms. The fourth-order valence-electron chi connectivity index (χ4n) is 1.61. The van der Waals surface area contributed by atoms with Crippen LogP contribution in [0.3, 0.4) is 0 Å². The fourth-order valence-corrected chi connectivity index (χ4v) is 2.13. The van der Waals surface area contributed by atoms with Gasteiger partial charge in [0.05, 0.1) is 5.69 Å². The Kier molecular flexibility index (Phi) is 4.35. The van der Waals surface area contributed by atoms with Crippen LogP contribution >= 0.6 is 22.6 Å². The Morgan fingerprint density at radius 2 is 1.89 bits per heavy atom. The minimum Gasteiger partial charge on any atom is -0.370 e. The van der Waals surface area contributed by atoms with Crippen LogP contribution in [0.25, 0.3) is 0 Å². The van der Waals surface area contributed by atoms with E-state index >= 15 is 0 Å². The van der Waals surface area contributed by atoms with Crippen LogP contribution in [0.2, 0.25) is 0 Å². The van der Waals surface area contributed by atoms with Crippen molar-refractivity contribution in [2.75, 3.05) is 17.2 Å². The summed E-state index contributed by atoms with van der Waals surface area (Å²) in [6, 6.07) is 8.12. The van der Waals surface area contributed by atoms with Crippen molar-refractivity contribution in [1.82, 2.24) is 9.97 Å². The van der Waals surface area contributed by atoms with E-state index in [0.29, 0.717) is 0 Å². The molecule has 1 heterocycles. The first-order chi connectivity index (χ1) is 8.72. The van der Waals surface area contributed by atoms with E-state index in [-0.39, 0.29) is 0 Å². The highest BCUT2D eigenvalue weighted by molar-refractivity contribution is 14.1. The van der Waals surface area contributed by atoms with Crippen LogP contribution in [0, 0.1) is 10.5 Å². The molecule has 0 radical (unpaired) electrons. The first-order valence-electron chi connectivity index (χ1n) is 5.79. The van der Waals surface area contributed by atoms with E-state index in [1.807, 2.05) is 25.1 Å². The van der Waals surface area contributed by atoms with Crippen molar-refractivity contribution in [2.45, 2.75) is 13.8 Å². The third-order valence-corrected chi connectivity index (χ3v) is 3.50. The van der Waals surface area contributed by atoms with Crippen LogP contribution in [0.5, 0.6) is 0 Å². The molecule has 1 aromatic carbocycles. The molecule has 2 N–H and O–H groups in total. The number of hydrogen-bond donors (Lipinski definition) is 2. The zero-order chi connectivity index (χ0) is 13.0. The lowest BCUT2D eigenvalue weighted by Crippen LogP contribution is -2.05. The number of hydrogen-bond acceptors (Lipinski definition) is 4. The van der Waals surface area contributed by atoms with Gasteiger partial charge in [0.25, 0.3) is 0 Å². The Bertz CT molecular complexity index is 542. The number of rotatable bonds is 4. The zero-order valence-corrected chi connectivity index (χ0v) is 12.5. The lowest BCUT2D eigenvalue weighted by molar-refractivity contribution is 1.08. The lowest BCUT2D eigenvalue weighted by atomic mass is 10.2. The fraction of sp³-hybridized carbons (Fsp3) is 0.231. The molecule has 0 aliphatic rings. The molecule has 1 aromatic heterocycles. The summed E-state index contributed by atoms with van der Waals surface area (Å²) in [6.45, 7) is 4.91. The molecule has 0 amide bonds. The largest absolute Gasteiger partial charge is 0.370 e. The van der Waals surface area contributed by atoms with Crippen LogP contribution in [0.15, 0.2) is 30.6 Å². The van der Waals surface area contributed by atoms with E-state index in [2.05, 4.69) is 56.2 Å². The van der Waals surface area contributed by atoms with Gasteiger partial charge in [-0.05, 0) is 48.6 Å². The number of nitrogens with one attached hydrogen (secondary N) is 2. The maximum Gasteiger partial charge on any atom is 0.138 e. The molecular weight excluding hydrogens is 339 g/mol. The van der Waals surface area contributed by atoms with Gasteiger partial charge in [-0.25, -0.2) is 9.97 Å². The average molecular weight is 354 g/mol. The van der Waals surface area contributed by atoms with Gasteiger partial charge in [-0.2, -0.15) is 0 Å². The predicted octanol–water partition coefficient (Wildman–Crippen LogP) is 3.57. The van der Waals surface area contributed by atoms with Crippen molar-refractivity contribution >= 4 is 39.9 Å². The Morgan fingerprint density at radius 3 is 2.61 bits per heavy atom. The summed E-state index contributed by atoms with van der Waals surface area (Å²) in [5, 5.41) is 6.56. The molecule has 0 bridgehead atoms. The highest BCUT2D eigenvalue weighted by Gasteiger charge is 2.07. The molecule has 5 heteroatoms. The summed E-state index contributed by atoms with van der Waals surface area (Å²) < 4.78 is 1.16. The summed E-state index contributed by atoms with van der Waals surface area (Å²) in [5.41, 5.74) is 2.08. The Hall–Kier alpha value is -1.37. The summed E-state index contributed by atoms with van der Waals surface area (Å²) in [6.07, 6.45) is 1.57. The standard InChI is InChI=1S/C13H15IN4/c1-3-15-12-9(2)13(17-8-16-12)18-11-7-5-4-6-10(11)14/h4-8H,3H2,1-2H3,(H2,15,16,17,18). The van der Waals surface area contributed by atoms with Crippen LogP contribution in [-0.4, -0.2) is 16.5 Å². The lowest BCUT2D eigenvalue weighted by Gasteiger charge is -2.12. The third-order valence-electron chi connectivity index (χ3n) is 2.56. The molecule has 0 atom stereocenters. The van der Waals surface area contributed by atoms with Crippen molar-refractivity contribution < 1.29 is 0 Å². The zero-order valence-electron chi connectivity index (χ0n) is 10.4. The second kappa shape index (κ2) is 5.99. The minimum atomic E-state index is 0.838. The highest BCUT2D eigenvalue weighted by Crippen LogP contribution is 2.25. The molecule has 0 aliphatic heterocycles. The molecule has 0 fully saturated rings. The summed E-state index contributed by atoms with van der Waals surface area (Å²) in [5.74, 6) is 1.71. The van der Waals surface area contributed by atoms with Crippen LogP contribution in [0.1, 0.15) is 12.5 Å². The maximum atomic E-state index is 4.29. The first-order valence-corrected chi connectivity index (χ1v) is 6.87. The molecule has 2 aromatic rings. The summed E-state index contributed by atoms with van der Waals surface area (Å²) >= 11 is 2.30. The smallest absolute Gasteiger partial charge is 0.138 e. The number of anilines is 3. The SMILES string of the molecule is CCNc1ncnc(Nc2ccccc2I)c1C. The second-order valence-electron chi connectivity index (χ2n) is 3.83. The number of benzene rings is 1. The average Bonchev–Trinajstić information content (AvgIpc) is 2.37. The minimum absolute atomic E-state index is 0.838. The molecular formula is C13H15IN4. The number of aromatic nitrogens is 2. The molecule has 0 saturated carbocycles. The van der Waals surface area contributed by atoms with Gasteiger partial charge in [0.1, 0.15) is 18.0 Å². The summed E-state index contributed by atoms with van der Waals surface area (Å²) in [7, 11) is 0. The van der Waals surface area contributed by atoms with Gasteiger partial charge in [-0.1, -0.05) is 12.1 Å². The van der Waals surface area contributed by atoms with Crippen molar-refractivity contribution in [3.05, 3.63) is 39.7 Å². The van der Waals surface area contributed by atoms with Gasteiger partial charge in [0.15, 0.2) is 0 Å². The molecule has 0 aliphatic carbocycles. The van der Waals surface area contributed by atoms with Gasteiger partial charge >= 0.3 is 0 Å². The monoisotopic (exact) mass is 354 g/mol. The second-order valence-corrected chi connectivity index (χ2v) is 4.99. The molecule has 0 unspecified atom stereocenters. The van der Waals surface area contributed by atoms with Gasteiger partial charge in [0.2, 0.25) is 0 Å². The highest BCUT2D eigenvalue weighted by atomic mass is 127. The van der Waals surface area contributed by atoms with Gasteiger partial charge in [0, 0.05) is 15.7 Å². The number of para-hydroxylation sites is 1. The van der Waals surface area contributed by atoms with Crippen molar-refractivity contribution in [1.29, 1.82) is 0 Å². The van der Waals surface area contributed by atoms with Crippen molar-refractivity contribution in [3.63, 3.8) is 0 Å². The maximum absolute atomic E-state index is 4.29. The number of nitrogens with zero attached hydrogens (tertiary/aromatic N) is 2. The topological polar surface area (TPSA) is 49.8 Å². The van der Waals surface area contributed by atoms with Crippen LogP contribution in [0.4, 0.5) is 17.3 Å². The van der Waals surface area contributed by atoms with Crippen molar-refractivity contribution in [2.24, 2.45) is 0 Å². The van der Waals surface area contributed by atoms with E-state index < -0.39 is 0 Å². The molecule has 4 nitrogen and oxygen atoms in total. The van der Waals surface area contributed by atoms with Crippen LogP contribution in [-0.2, 0) is 0 Å². The van der Waals surface area contributed by atoms with E-state index in [9.17, 15) is 0 Å². The normalized spacial score (nSPS) is 10.2. The summed E-state index contributed by atoms with van der Waals surface area (Å²) in [4.78, 5) is 8.52. The predicted molar refractivity (Wildman–Crippen MR) is 83.4 cm³/mol. The van der Waals surface area contributed by atoms with Crippen molar-refractivity contribution in [3.8, 4) is 0 Å². The van der Waals surface area contributed by atoms with E-state index in [1.165, 1.54) is 0 Å². The van der Waals surface area contributed by atoms with E-state index in [4.69, 9.17) is 0 Å². The third kappa shape index (κ3) is 2.90. The van der Waals surface area contributed by atoms with E-state index in [0.717, 1.165) is 33.0 Å². The number of halogens is 1. The van der Waals surface area contributed by atoms with Gasteiger partial charge in [-0.3, -0.25) is 0 Å². The molecule has 0 saturated heterocycles. The Morgan fingerprint density at radius 1 is 1.17 bits per heavy atom. The van der Waals surface area contributed by atoms with E-state index in [1.54, 1.807) is 6.33 Å².